The fourth-order valence-electron chi connectivity index (χ4n) is 5.34. The van der Waals surface area contributed by atoms with Crippen LogP contribution in [0.1, 0.15) is 47.9 Å². The number of benzene rings is 3. The van der Waals surface area contributed by atoms with Crippen molar-refractivity contribution in [2.45, 2.75) is 64.6 Å². The molecule has 4 rings (SSSR count). The Morgan fingerprint density at radius 2 is 1.61 bits per heavy atom. The molecule has 0 heterocycles. The molecule has 1 aliphatic carbocycles. The van der Waals surface area contributed by atoms with Crippen molar-refractivity contribution in [3.8, 4) is 0 Å². The zero-order valence-corrected chi connectivity index (χ0v) is 25.4. The highest BCUT2D eigenvalue weighted by atomic mass is 35.5. The Kier molecular flexibility index (Phi) is 10.1. The highest BCUT2D eigenvalue weighted by Crippen LogP contribution is 2.27. The van der Waals surface area contributed by atoms with Gasteiger partial charge < -0.3 is 10.2 Å². The molecule has 1 aliphatic rings. The Balaban J connectivity index is 1.75. The maximum atomic E-state index is 14.3. The highest BCUT2D eigenvalue weighted by molar-refractivity contribution is 7.92. The molecule has 1 atom stereocenters. The van der Waals surface area contributed by atoms with Gasteiger partial charge in [0.25, 0.3) is 0 Å². The van der Waals surface area contributed by atoms with E-state index < -0.39 is 28.5 Å². The number of nitrogens with one attached hydrogen (secondary N) is 1. The van der Waals surface area contributed by atoms with Gasteiger partial charge in [-0.15, -0.1) is 0 Å². The van der Waals surface area contributed by atoms with E-state index in [1.165, 1.54) is 4.90 Å². The third-order valence-electron chi connectivity index (χ3n) is 7.69. The van der Waals surface area contributed by atoms with Gasteiger partial charge in [-0.05, 0) is 61.1 Å². The molecular weight excluding hydrogens is 558 g/mol. The van der Waals surface area contributed by atoms with Crippen LogP contribution in [0.5, 0.6) is 0 Å². The number of carbonyl (C=O) groups excluding carboxylic acids is 2. The summed E-state index contributed by atoms with van der Waals surface area (Å²) in [6.07, 6.45) is 5.30. The summed E-state index contributed by atoms with van der Waals surface area (Å²) in [6, 6.07) is 21.5. The quantitative estimate of drug-likeness (QED) is 0.321. The lowest BCUT2D eigenvalue weighted by molar-refractivity contribution is -0.140. The zero-order valence-electron chi connectivity index (χ0n) is 23.8. The summed E-state index contributed by atoms with van der Waals surface area (Å²) in [4.78, 5) is 29.7. The predicted octanol–water partition coefficient (Wildman–Crippen LogP) is 5.42. The lowest BCUT2D eigenvalue weighted by Gasteiger charge is -2.34. The molecule has 0 radical (unpaired) electrons. The van der Waals surface area contributed by atoms with Gasteiger partial charge >= 0.3 is 0 Å². The molecule has 0 saturated heterocycles. The smallest absolute Gasteiger partial charge is 0.244 e. The van der Waals surface area contributed by atoms with Gasteiger partial charge in [0.05, 0.1) is 11.9 Å². The Morgan fingerprint density at radius 3 is 2.27 bits per heavy atom. The van der Waals surface area contributed by atoms with Gasteiger partial charge in [-0.25, -0.2) is 8.42 Å². The second kappa shape index (κ2) is 13.5. The number of aryl methyl sites for hydroxylation is 2. The van der Waals surface area contributed by atoms with Crippen LogP contribution in [0.4, 0.5) is 5.69 Å². The summed E-state index contributed by atoms with van der Waals surface area (Å²) in [6.45, 7) is 3.43. The summed E-state index contributed by atoms with van der Waals surface area (Å²) in [7, 11) is -3.86. The average molecular weight is 596 g/mol. The number of nitrogens with zero attached hydrogens (tertiary/aromatic N) is 2. The molecule has 2 amide bonds. The van der Waals surface area contributed by atoms with Crippen molar-refractivity contribution in [2.75, 3.05) is 17.1 Å². The minimum absolute atomic E-state index is 0.0674. The van der Waals surface area contributed by atoms with Gasteiger partial charge in [0.1, 0.15) is 12.6 Å². The van der Waals surface area contributed by atoms with Gasteiger partial charge in [-0.3, -0.25) is 13.9 Å². The summed E-state index contributed by atoms with van der Waals surface area (Å²) >= 11 is 6.23. The maximum Gasteiger partial charge on any atom is 0.244 e. The lowest BCUT2D eigenvalue weighted by Crippen LogP contribution is -2.54. The SMILES string of the molecule is Cc1ccccc1CN(C(=O)CN(c1cc(Cl)ccc1C)S(C)(=O)=O)[C@H](Cc1ccccc1)C(=O)NC1CCCC1. The van der Waals surface area contributed by atoms with Crippen LogP contribution in [0, 0.1) is 13.8 Å². The summed E-state index contributed by atoms with van der Waals surface area (Å²) < 4.78 is 27.1. The zero-order chi connectivity index (χ0) is 29.6. The number of carbonyl (C=O) groups is 2. The van der Waals surface area contributed by atoms with Gasteiger partial charge in [0, 0.05) is 24.0 Å². The van der Waals surface area contributed by atoms with E-state index in [-0.39, 0.29) is 18.5 Å². The first-order chi connectivity index (χ1) is 19.5. The minimum Gasteiger partial charge on any atom is -0.352 e. The number of hydrogen-bond acceptors (Lipinski definition) is 4. The van der Waals surface area contributed by atoms with Crippen LogP contribution in [-0.4, -0.2) is 50.0 Å². The molecule has 218 valence electrons. The topological polar surface area (TPSA) is 86.8 Å². The van der Waals surface area contributed by atoms with Gasteiger partial charge in [-0.1, -0.05) is 85.1 Å². The molecular formula is C32H38ClN3O4S. The van der Waals surface area contributed by atoms with E-state index in [0.717, 1.165) is 52.9 Å². The molecule has 41 heavy (non-hydrogen) atoms. The third-order valence-corrected chi connectivity index (χ3v) is 9.06. The van der Waals surface area contributed by atoms with Crippen LogP contribution < -0.4 is 9.62 Å². The molecule has 3 aromatic carbocycles. The molecule has 0 aliphatic heterocycles. The van der Waals surface area contributed by atoms with Crippen molar-refractivity contribution < 1.29 is 18.0 Å². The molecule has 0 aromatic heterocycles. The summed E-state index contributed by atoms with van der Waals surface area (Å²) in [5.74, 6) is -0.701. The Bertz CT molecular complexity index is 1470. The van der Waals surface area contributed by atoms with Gasteiger partial charge in [-0.2, -0.15) is 0 Å². The monoisotopic (exact) mass is 595 g/mol. The van der Waals surface area contributed by atoms with E-state index in [2.05, 4.69) is 5.32 Å². The van der Waals surface area contributed by atoms with Crippen molar-refractivity contribution >= 4 is 39.1 Å². The van der Waals surface area contributed by atoms with E-state index in [9.17, 15) is 18.0 Å². The normalized spacial score (nSPS) is 14.4. The van der Waals surface area contributed by atoms with E-state index in [4.69, 9.17) is 11.6 Å². The van der Waals surface area contributed by atoms with Crippen molar-refractivity contribution in [3.63, 3.8) is 0 Å². The van der Waals surface area contributed by atoms with Crippen LogP contribution >= 0.6 is 11.6 Å². The second-order valence-electron chi connectivity index (χ2n) is 10.8. The van der Waals surface area contributed by atoms with Crippen molar-refractivity contribution in [3.05, 3.63) is 100 Å². The molecule has 0 unspecified atom stereocenters. The van der Waals surface area contributed by atoms with E-state index >= 15 is 0 Å². The molecule has 7 nitrogen and oxygen atoms in total. The first-order valence-electron chi connectivity index (χ1n) is 13.9. The number of amides is 2. The largest absolute Gasteiger partial charge is 0.352 e. The predicted molar refractivity (Wildman–Crippen MR) is 164 cm³/mol. The van der Waals surface area contributed by atoms with Crippen LogP contribution in [-0.2, 0) is 32.6 Å². The van der Waals surface area contributed by atoms with E-state index in [1.807, 2.05) is 61.5 Å². The van der Waals surface area contributed by atoms with Gasteiger partial charge in [0.15, 0.2) is 0 Å². The molecule has 1 fully saturated rings. The molecule has 0 spiro atoms. The van der Waals surface area contributed by atoms with Crippen LogP contribution in [0.2, 0.25) is 5.02 Å². The average Bonchev–Trinajstić information content (AvgIpc) is 3.44. The molecule has 1 saturated carbocycles. The molecule has 9 heteroatoms. The fourth-order valence-corrected chi connectivity index (χ4v) is 6.40. The van der Waals surface area contributed by atoms with Crippen molar-refractivity contribution in [2.24, 2.45) is 0 Å². The van der Waals surface area contributed by atoms with Crippen LogP contribution in [0.15, 0.2) is 72.8 Å². The first-order valence-corrected chi connectivity index (χ1v) is 16.2. The van der Waals surface area contributed by atoms with Crippen LogP contribution in [0.25, 0.3) is 0 Å². The number of rotatable bonds is 11. The minimum atomic E-state index is -3.86. The Labute approximate surface area is 248 Å². The fraction of sp³-hybridized carbons (Fsp3) is 0.375. The van der Waals surface area contributed by atoms with Crippen LogP contribution in [0.3, 0.4) is 0 Å². The summed E-state index contributed by atoms with van der Waals surface area (Å²) in [5.41, 5.74) is 3.77. The number of halogens is 1. The van der Waals surface area contributed by atoms with E-state index in [0.29, 0.717) is 22.7 Å². The number of anilines is 1. The second-order valence-corrected chi connectivity index (χ2v) is 13.2. The maximum absolute atomic E-state index is 14.3. The van der Waals surface area contributed by atoms with Gasteiger partial charge in [0.2, 0.25) is 21.8 Å². The summed E-state index contributed by atoms with van der Waals surface area (Å²) in [5, 5.41) is 3.55. The number of hydrogen-bond donors (Lipinski definition) is 1. The lowest BCUT2D eigenvalue weighted by atomic mass is 10.0. The Morgan fingerprint density at radius 1 is 0.951 bits per heavy atom. The first kappa shape index (κ1) is 30.6. The molecule has 3 aromatic rings. The van der Waals surface area contributed by atoms with Crippen molar-refractivity contribution in [1.82, 2.24) is 10.2 Å². The van der Waals surface area contributed by atoms with Crippen molar-refractivity contribution in [1.29, 1.82) is 0 Å². The highest BCUT2D eigenvalue weighted by Gasteiger charge is 2.34. The molecule has 0 bridgehead atoms. The van der Waals surface area contributed by atoms with E-state index in [1.54, 1.807) is 25.1 Å². The standard InChI is InChI=1S/C32H38ClN3O4S/c1-23-11-7-8-14-26(23)21-35(31(37)22-36(41(3,39)40)29-20-27(33)18-17-24(29)2)30(19-25-12-5-4-6-13-25)32(38)34-28-15-9-10-16-28/h4-8,11-14,17-18,20,28,30H,9-10,15-16,19,21-22H2,1-3H3,(H,34,38)/t30-/m1/s1. The Hall–Kier alpha value is -3.36. The molecule has 1 N–H and O–H groups in total. The number of sulfonamides is 1. The third kappa shape index (κ3) is 8.11.